The number of halogens is 1. The Bertz CT molecular complexity index is 657. The van der Waals surface area contributed by atoms with E-state index in [1.54, 1.807) is 37.2 Å². The van der Waals surface area contributed by atoms with Crippen LogP contribution in [0.25, 0.3) is 0 Å². The van der Waals surface area contributed by atoms with Gasteiger partial charge in [0, 0.05) is 11.5 Å². The van der Waals surface area contributed by atoms with E-state index in [4.69, 9.17) is 0 Å². The Balaban J connectivity index is 2.71. The van der Waals surface area contributed by atoms with E-state index < -0.39 is 23.2 Å². The molecule has 22 heavy (non-hydrogen) atoms. The molecule has 0 bridgehead atoms. The van der Waals surface area contributed by atoms with E-state index in [1.165, 1.54) is 6.07 Å². The highest BCUT2D eigenvalue weighted by molar-refractivity contribution is 5.82. The predicted octanol–water partition coefficient (Wildman–Crippen LogP) is 3.47. The van der Waals surface area contributed by atoms with Gasteiger partial charge in [0.1, 0.15) is 5.82 Å². The molecule has 2 aromatic carbocycles. The fourth-order valence-electron chi connectivity index (χ4n) is 3.11. The Morgan fingerprint density at radius 1 is 1.09 bits per heavy atom. The summed E-state index contributed by atoms with van der Waals surface area (Å²) >= 11 is 0. The summed E-state index contributed by atoms with van der Waals surface area (Å²) in [5, 5.41) is 10.00. The van der Waals surface area contributed by atoms with Crippen LogP contribution in [-0.2, 0) is 10.3 Å². The molecule has 2 atom stereocenters. The second-order valence-corrected chi connectivity index (χ2v) is 5.58. The second-order valence-electron chi connectivity index (χ2n) is 5.58. The normalized spacial score (nSPS) is 15.3. The number of likely N-dealkylation sites (N-methyl/N-ethyl adjacent to an activating group) is 1. The van der Waals surface area contributed by atoms with Gasteiger partial charge in [0.15, 0.2) is 5.54 Å². The first-order valence-electron chi connectivity index (χ1n) is 7.13. The molecule has 2 aromatic rings. The molecule has 1 unspecified atom stereocenters. The number of benzene rings is 2. The van der Waals surface area contributed by atoms with Crippen LogP contribution < -0.4 is 0 Å². The van der Waals surface area contributed by atoms with Gasteiger partial charge in [-0.3, -0.25) is 4.90 Å². The predicted molar refractivity (Wildman–Crippen MR) is 84.3 cm³/mol. The molecule has 0 aromatic heterocycles. The van der Waals surface area contributed by atoms with Gasteiger partial charge in [-0.25, -0.2) is 9.18 Å². The lowest BCUT2D eigenvalue weighted by molar-refractivity contribution is -0.152. The first-order valence-corrected chi connectivity index (χ1v) is 7.13. The summed E-state index contributed by atoms with van der Waals surface area (Å²) in [4.78, 5) is 13.8. The van der Waals surface area contributed by atoms with Gasteiger partial charge >= 0.3 is 5.97 Å². The topological polar surface area (TPSA) is 40.5 Å². The lowest BCUT2D eigenvalue weighted by Crippen LogP contribution is -2.52. The summed E-state index contributed by atoms with van der Waals surface area (Å²) in [7, 11) is 3.33. The minimum Gasteiger partial charge on any atom is -0.480 e. The second kappa shape index (κ2) is 6.28. The van der Waals surface area contributed by atoms with Crippen molar-refractivity contribution in [1.29, 1.82) is 0 Å². The van der Waals surface area contributed by atoms with Crippen LogP contribution in [0.2, 0.25) is 0 Å². The molecule has 0 saturated carbocycles. The molecule has 0 radical (unpaired) electrons. The van der Waals surface area contributed by atoms with Crippen LogP contribution in [0.1, 0.15) is 24.0 Å². The fourth-order valence-corrected chi connectivity index (χ4v) is 3.11. The van der Waals surface area contributed by atoms with Crippen molar-refractivity contribution in [2.24, 2.45) is 0 Å². The zero-order valence-corrected chi connectivity index (χ0v) is 13.0. The average Bonchev–Trinajstić information content (AvgIpc) is 2.50. The molecule has 116 valence electrons. The summed E-state index contributed by atoms with van der Waals surface area (Å²) < 4.78 is 14.4. The van der Waals surface area contributed by atoms with Crippen molar-refractivity contribution in [3.05, 3.63) is 71.5 Å². The van der Waals surface area contributed by atoms with Gasteiger partial charge in [-0.05, 0) is 25.7 Å². The van der Waals surface area contributed by atoms with Gasteiger partial charge in [-0.15, -0.1) is 0 Å². The smallest absolute Gasteiger partial charge is 0.329 e. The minimum absolute atomic E-state index is 0.170. The number of hydrogen-bond donors (Lipinski definition) is 1. The van der Waals surface area contributed by atoms with Crippen molar-refractivity contribution < 1.29 is 14.3 Å². The SMILES string of the molecule is C[C@@H](c1ccccc1)C(C(=O)O)(c1ccccc1F)N(C)C. The first kappa shape index (κ1) is 16.2. The molecule has 4 heteroatoms. The Morgan fingerprint density at radius 3 is 2.14 bits per heavy atom. The largest absolute Gasteiger partial charge is 0.480 e. The minimum atomic E-state index is -1.48. The molecule has 0 amide bonds. The maximum atomic E-state index is 14.4. The Kier molecular flexibility index (Phi) is 4.62. The van der Waals surface area contributed by atoms with Crippen LogP contribution in [0.4, 0.5) is 4.39 Å². The number of aliphatic carboxylic acids is 1. The number of nitrogens with zero attached hydrogens (tertiary/aromatic N) is 1. The fraction of sp³-hybridized carbons (Fsp3) is 0.278. The number of carboxylic acid groups (broad SMARTS) is 1. The van der Waals surface area contributed by atoms with Gasteiger partial charge in [0.05, 0.1) is 0 Å². The molecule has 2 rings (SSSR count). The summed E-state index contributed by atoms with van der Waals surface area (Å²) in [6.07, 6.45) is 0. The van der Waals surface area contributed by atoms with Crippen LogP contribution in [0.15, 0.2) is 54.6 Å². The van der Waals surface area contributed by atoms with Gasteiger partial charge in [0.25, 0.3) is 0 Å². The zero-order valence-electron chi connectivity index (χ0n) is 13.0. The maximum Gasteiger partial charge on any atom is 0.329 e. The van der Waals surface area contributed by atoms with Gasteiger partial charge in [-0.2, -0.15) is 0 Å². The molecule has 0 heterocycles. The van der Waals surface area contributed by atoms with Crippen molar-refractivity contribution in [3.8, 4) is 0 Å². The molecule has 0 aliphatic carbocycles. The van der Waals surface area contributed by atoms with Crippen LogP contribution in [0, 0.1) is 5.82 Å². The molecule has 3 nitrogen and oxygen atoms in total. The van der Waals surface area contributed by atoms with Crippen molar-refractivity contribution in [3.63, 3.8) is 0 Å². The Morgan fingerprint density at radius 2 is 1.64 bits per heavy atom. The lowest BCUT2D eigenvalue weighted by Gasteiger charge is -2.41. The number of carboxylic acids is 1. The highest BCUT2D eigenvalue weighted by Gasteiger charge is 2.49. The molecule has 0 saturated heterocycles. The van der Waals surface area contributed by atoms with Crippen LogP contribution in [0.3, 0.4) is 0 Å². The standard InChI is InChI=1S/C18H20FNO2/c1-13(14-9-5-4-6-10-14)18(17(21)22,20(2)3)15-11-7-8-12-16(15)19/h4-13H,1-3H3,(H,21,22)/t13-,18?/m0/s1. The van der Waals surface area contributed by atoms with E-state index in [1.807, 2.05) is 37.3 Å². The Hall–Kier alpha value is -2.20. The average molecular weight is 301 g/mol. The molecule has 1 N–H and O–H groups in total. The number of hydrogen-bond acceptors (Lipinski definition) is 2. The van der Waals surface area contributed by atoms with E-state index in [0.29, 0.717) is 0 Å². The number of carbonyl (C=O) groups is 1. The Labute approximate surface area is 130 Å². The van der Waals surface area contributed by atoms with Crippen molar-refractivity contribution >= 4 is 5.97 Å². The molecular weight excluding hydrogens is 281 g/mol. The third kappa shape index (κ3) is 2.50. The van der Waals surface area contributed by atoms with Gasteiger partial charge < -0.3 is 5.11 Å². The maximum absolute atomic E-state index is 14.4. The first-order chi connectivity index (χ1) is 10.4. The van der Waals surface area contributed by atoms with Crippen LogP contribution >= 0.6 is 0 Å². The van der Waals surface area contributed by atoms with Gasteiger partial charge in [0.2, 0.25) is 0 Å². The molecular formula is C18H20FNO2. The molecule has 0 aliphatic heterocycles. The van der Waals surface area contributed by atoms with Crippen molar-refractivity contribution in [2.45, 2.75) is 18.4 Å². The van der Waals surface area contributed by atoms with Gasteiger partial charge in [-0.1, -0.05) is 55.5 Å². The molecule has 0 spiro atoms. The summed E-state index contributed by atoms with van der Waals surface area (Å²) in [6, 6.07) is 15.4. The summed E-state index contributed by atoms with van der Waals surface area (Å²) in [5.74, 6) is -2.02. The van der Waals surface area contributed by atoms with E-state index in [-0.39, 0.29) is 5.56 Å². The van der Waals surface area contributed by atoms with E-state index in [9.17, 15) is 14.3 Å². The third-order valence-corrected chi connectivity index (χ3v) is 4.24. The zero-order chi connectivity index (χ0) is 16.3. The lowest BCUT2D eigenvalue weighted by atomic mass is 9.74. The van der Waals surface area contributed by atoms with Crippen LogP contribution in [0.5, 0.6) is 0 Å². The number of rotatable bonds is 5. The third-order valence-electron chi connectivity index (χ3n) is 4.24. The quantitative estimate of drug-likeness (QED) is 0.919. The van der Waals surface area contributed by atoms with Crippen LogP contribution in [-0.4, -0.2) is 30.1 Å². The van der Waals surface area contributed by atoms with E-state index >= 15 is 0 Å². The monoisotopic (exact) mass is 301 g/mol. The van der Waals surface area contributed by atoms with Crippen molar-refractivity contribution in [2.75, 3.05) is 14.1 Å². The van der Waals surface area contributed by atoms with E-state index in [2.05, 4.69) is 0 Å². The highest BCUT2D eigenvalue weighted by atomic mass is 19.1. The summed E-state index contributed by atoms with van der Waals surface area (Å²) in [6.45, 7) is 1.82. The van der Waals surface area contributed by atoms with Crippen molar-refractivity contribution in [1.82, 2.24) is 4.90 Å². The highest BCUT2D eigenvalue weighted by Crippen LogP contribution is 2.42. The van der Waals surface area contributed by atoms with E-state index in [0.717, 1.165) is 5.56 Å². The summed E-state index contributed by atoms with van der Waals surface area (Å²) in [5.41, 5.74) is -0.460. The molecule has 0 fully saturated rings. The molecule has 0 aliphatic rings.